The largest absolute Gasteiger partial charge is 0.493 e. The minimum Gasteiger partial charge on any atom is -0.493 e. The molecule has 0 unspecified atom stereocenters. The highest BCUT2D eigenvalue weighted by atomic mass is 16.5. The van der Waals surface area contributed by atoms with Gasteiger partial charge >= 0.3 is 5.97 Å². The van der Waals surface area contributed by atoms with Crippen molar-refractivity contribution in [2.45, 2.75) is 26.7 Å². The number of methoxy groups -OCH3 is 1. The number of amides is 1. The molecule has 1 amide bonds. The zero-order valence-electron chi connectivity index (χ0n) is 14.5. The number of likely N-dealkylation sites (tertiary alicyclic amines) is 1. The fourth-order valence-corrected chi connectivity index (χ4v) is 2.87. The third-order valence-electron chi connectivity index (χ3n) is 4.04. The van der Waals surface area contributed by atoms with Gasteiger partial charge in [0.25, 0.3) is 5.91 Å². The van der Waals surface area contributed by atoms with E-state index >= 15 is 0 Å². The fourth-order valence-electron chi connectivity index (χ4n) is 2.87. The van der Waals surface area contributed by atoms with Crippen LogP contribution in [0.1, 0.15) is 37.0 Å². The van der Waals surface area contributed by atoms with E-state index in [0.717, 1.165) is 12.8 Å². The van der Waals surface area contributed by atoms with Crippen molar-refractivity contribution in [3.63, 3.8) is 0 Å². The minimum absolute atomic E-state index is 0.104. The molecule has 24 heavy (non-hydrogen) atoms. The van der Waals surface area contributed by atoms with E-state index in [-0.39, 0.29) is 17.8 Å². The Morgan fingerprint density at radius 1 is 1.21 bits per heavy atom. The summed E-state index contributed by atoms with van der Waals surface area (Å²) < 4.78 is 15.9. The van der Waals surface area contributed by atoms with Crippen LogP contribution >= 0.6 is 0 Å². The van der Waals surface area contributed by atoms with E-state index in [4.69, 9.17) is 14.2 Å². The molecule has 0 aliphatic carbocycles. The zero-order valence-corrected chi connectivity index (χ0v) is 14.5. The van der Waals surface area contributed by atoms with E-state index in [1.807, 2.05) is 6.92 Å². The highest BCUT2D eigenvalue weighted by Crippen LogP contribution is 2.29. The van der Waals surface area contributed by atoms with E-state index in [1.165, 1.54) is 0 Å². The molecule has 6 nitrogen and oxygen atoms in total. The normalized spacial score (nSPS) is 17.3. The van der Waals surface area contributed by atoms with Crippen LogP contribution in [0.2, 0.25) is 0 Å². The molecule has 0 aromatic heterocycles. The number of ether oxygens (including phenoxy) is 3. The van der Waals surface area contributed by atoms with Crippen molar-refractivity contribution in [2.75, 3.05) is 33.4 Å². The SMILES string of the molecule is CCOC(=O)[C@H]1CCCN(C(=O)c2ccc(OC)c(OCC)c2)C1. The molecule has 0 spiro atoms. The summed E-state index contributed by atoms with van der Waals surface area (Å²) in [5.74, 6) is 0.570. The van der Waals surface area contributed by atoms with Crippen molar-refractivity contribution < 1.29 is 23.8 Å². The van der Waals surface area contributed by atoms with Gasteiger partial charge in [0.2, 0.25) is 0 Å². The molecule has 1 atom stereocenters. The first kappa shape index (κ1) is 18.1. The number of carbonyl (C=O) groups is 2. The fraction of sp³-hybridized carbons (Fsp3) is 0.556. The predicted octanol–water partition coefficient (Wildman–Crippen LogP) is 2.51. The molecule has 6 heteroatoms. The van der Waals surface area contributed by atoms with Gasteiger partial charge < -0.3 is 19.1 Å². The lowest BCUT2D eigenvalue weighted by molar-refractivity contribution is -0.149. The monoisotopic (exact) mass is 335 g/mol. The van der Waals surface area contributed by atoms with E-state index in [9.17, 15) is 9.59 Å². The van der Waals surface area contributed by atoms with Crippen LogP contribution in [0.3, 0.4) is 0 Å². The molecule has 1 fully saturated rings. The average Bonchev–Trinajstić information content (AvgIpc) is 2.61. The zero-order chi connectivity index (χ0) is 17.5. The summed E-state index contributed by atoms with van der Waals surface area (Å²) >= 11 is 0. The summed E-state index contributed by atoms with van der Waals surface area (Å²) in [5.41, 5.74) is 0.531. The Morgan fingerprint density at radius 3 is 2.67 bits per heavy atom. The number of hydrogen-bond acceptors (Lipinski definition) is 5. The molecule has 1 saturated heterocycles. The van der Waals surface area contributed by atoms with Gasteiger partial charge in [-0.15, -0.1) is 0 Å². The van der Waals surface area contributed by atoms with Crippen LogP contribution < -0.4 is 9.47 Å². The summed E-state index contributed by atoms with van der Waals surface area (Å²) in [6.07, 6.45) is 1.55. The summed E-state index contributed by atoms with van der Waals surface area (Å²) in [6, 6.07) is 5.14. The van der Waals surface area contributed by atoms with Crippen molar-refractivity contribution in [1.82, 2.24) is 4.90 Å². The number of rotatable bonds is 6. The van der Waals surface area contributed by atoms with Gasteiger partial charge in [0.05, 0.1) is 26.2 Å². The molecule has 0 bridgehead atoms. The third-order valence-corrected chi connectivity index (χ3v) is 4.04. The second-order valence-corrected chi connectivity index (χ2v) is 5.64. The number of hydrogen-bond donors (Lipinski definition) is 0. The minimum atomic E-state index is -0.243. The second-order valence-electron chi connectivity index (χ2n) is 5.64. The topological polar surface area (TPSA) is 65.1 Å². The summed E-state index contributed by atoms with van der Waals surface area (Å²) in [7, 11) is 1.56. The Balaban J connectivity index is 2.13. The predicted molar refractivity (Wildman–Crippen MR) is 89.4 cm³/mol. The molecule has 1 aliphatic heterocycles. The van der Waals surface area contributed by atoms with Gasteiger partial charge in [-0.3, -0.25) is 9.59 Å². The van der Waals surface area contributed by atoms with Gasteiger partial charge in [-0.2, -0.15) is 0 Å². The second kappa shape index (κ2) is 8.57. The number of nitrogens with zero attached hydrogens (tertiary/aromatic N) is 1. The highest BCUT2D eigenvalue weighted by molar-refractivity contribution is 5.95. The maximum absolute atomic E-state index is 12.8. The van der Waals surface area contributed by atoms with Gasteiger partial charge in [-0.25, -0.2) is 0 Å². The molecule has 132 valence electrons. The van der Waals surface area contributed by atoms with Crippen LogP contribution in [0.15, 0.2) is 18.2 Å². The first-order valence-corrected chi connectivity index (χ1v) is 8.37. The highest BCUT2D eigenvalue weighted by Gasteiger charge is 2.30. The summed E-state index contributed by atoms with van der Waals surface area (Å²) in [5, 5.41) is 0. The Hall–Kier alpha value is -2.24. The molecular weight excluding hydrogens is 310 g/mol. The Labute approximate surface area is 142 Å². The van der Waals surface area contributed by atoms with E-state index in [0.29, 0.717) is 43.4 Å². The lowest BCUT2D eigenvalue weighted by atomic mass is 9.97. The number of esters is 1. The van der Waals surface area contributed by atoms with Crippen molar-refractivity contribution in [3.8, 4) is 11.5 Å². The first-order valence-electron chi connectivity index (χ1n) is 8.37. The summed E-state index contributed by atoms with van der Waals surface area (Å²) in [6.45, 7) is 5.55. The summed E-state index contributed by atoms with van der Waals surface area (Å²) in [4.78, 5) is 26.4. The maximum atomic E-state index is 12.8. The lowest BCUT2D eigenvalue weighted by Crippen LogP contribution is -2.42. The molecule has 0 N–H and O–H groups in total. The molecular formula is C18H25NO5. The van der Waals surface area contributed by atoms with Crippen LogP contribution in [0.5, 0.6) is 11.5 Å². The smallest absolute Gasteiger partial charge is 0.310 e. The number of piperidine rings is 1. The standard InChI is InChI=1S/C18H25NO5/c1-4-23-16-11-13(8-9-15(16)22-3)17(20)19-10-6-7-14(12-19)18(21)24-5-2/h8-9,11,14H,4-7,10,12H2,1-3H3/t14-/m0/s1. The van der Waals surface area contributed by atoms with E-state index in [2.05, 4.69) is 0 Å². The number of carbonyl (C=O) groups excluding carboxylic acids is 2. The first-order chi connectivity index (χ1) is 11.6. The molecule has 1 aliphatic rings. The molecule has 1 aromatic rings. The van der Waals surface area contributed by atoms with Gasteiger partial charge in [-0.05, 0) is 44.9 Å². The Bertz CT molecular complexity index is 587. The maximum Gasteiger partial charge on any atom is 0.310 e. The lowest BCUT2D eigenvalue weighted by Gasteiger charge is -2.31. The molecule has 1 aromatic carbocycles. The number of benzene rings is 1. The molecule has 1 heterocycles. The average molecular weight is 335 g/mol. The van der Waals surface area contributed by atoms with Gasteiger partial charge in [0.15, 0.2) is 11.5 Å². The van der Waals surface area contributed by atoms with E-state index < -0.39 is 0 Å². The van der Waals surface area contributed by atoms with Crippen LogP contribution in [0.4, 0.5) is 0 Å². The van der Waals surface area contributed by atoms with Crippen LogP contribution in [0, 0.1) is 5.92 Å². The van der Waals surface area contributed by atoms with Crippen molar-refractivity contribution in [2.24, 2.45) is 5.92 Å². The molecule has 0 radical (unpaired) electrons. The third kappa shape index (κ3) is 4.19. The van der Waals surface area contributed by atoms with Crippen molar-refractivity contribution in [1.29, 1.82) is 0 Å². The van der Waals surface area contributed by atoms with Gasteiger partial charge in [0, 0.05) is 18.7 Å². The quantitative estimate of drug-likeness (QED) is 0.748. The van der Waals surface area contributed by atoms with E-state index in [1.54, 1.807) is 37.1 Å². The van der Waals surface area contributed by atoms with Crippen LogP contribution in [-0.4, -0.2) is 50.2 Å². The molecule has 2 rings (SSSR count). The van der Waals surface area contributed by atoms with Gasteiger partial charge in [-0.1, -0.05) is 0 Å². The van der Waals surface area contributed by atoms with Crippen LogP contribution in [-0.2, 0) is 9.53 Å². The van der Waals surface area contributed by atoms with Gasteiger partial charge in [0.1, 0.15) is 0 Å². The Kier molecular flexibility index (Phi) is 6.46. The van der Waals surface area contributed by atoms with Crippen molar-refractivity contribution in [3.05, 3.63) is 23.8 Å². The molecule has 0 saturated carbocycles. The Morgan fingerprint density at radius 2 is 2.00 bits per heavy atom. The van der Waals surface area contributed by atoms with Crippen molar-refractivity contribution >= 4 is 11.9 Å². The van der Waals surface area contributed by atoms with Crippen LogP contribution in [0.25, 0.3) is 0 Å².